The molecule has 0 N–H and O–H groups in total. The van der Waals surface area contributed by atoms with E-state index in [-0.39, 0.29) is 4.80 Å². The van der Waals surface area contributed by atoms with Crippen LogP contribution >= 0.6 is 29.8 Å². The molecule has 2 aromatic rings. The number of hydrogen-bond acceptors (Lipinski definition) is 2. The minimum atomic E-state index is -4.41. The number of alkyl halides is 3. The summed E-state index contributed by atoms with van der Waals surface area (Å²) in [4.78, 5) is 4.62. The van der Waals surface area contributed by atoms with Gasteiger partial charge in [-0.15, -0.1) is 11.3 Å². The van der Waals surface area contributed by atoms with Gasteiger partial charge in [-0.1, -0.05) is 29.5 Å². The average Bonchev–Trinajstić information content (AvgIpc) is 2.80. The van der Waals surface area contributed by atoms with Crippen molar-refractivity contribution in [2.75, 3.05) is 13.3 Å². The van der Waals surface area contributed by atoms with E-state index >= 15 is 0 Å². The van der Waals surface area contributed by atoms with Crippen molar-refractivity contribution in [1.82, 2.24) is 4.57 Å². The summed E-state index contributed by atoms with van der Waals surface area (Å²) in [5.74, 6) is 3.01. The van der Waals surface area contributed by atoms with Crippen molar-refractivity contribution in [3.8, 4) is 11.6 Å². The fourth-order valence-corrected chi connectivity index (χ4v) is 3.52. The van der Waals surface area contributed by atoms with Crippen LogP contribution in [0.3, 0.4) is 0 Å². The largest absolute Gasteiger partial charge is 0.432 e. The first kappa shape index (κ1) is 19.9. The number of rotatable bonds is 1. The van der Waals surface area contributed by atoms with Crippen molar-refractivity contribution < 1.29 is 13.2 Å². The van der Waals surface area contributed by atoms with Crippen LogP contribution in [0.5, 0.6) is 0 Å². The van der Waals surface area contributed by atoms with Gasteiger partial charge in [0.05, 0.1) is 10.7 Å². The summed E-state index contributed by atoms with van der Waals surface area (Å²) in [6, 6.07) is 3.42. The summed E-state index contributed by atoms with van der Waals surface area (Å²) >= 11 is 7.16. The Balaban J connectivity index is 2.59. The Morgan fingerprint density at radius 3 is 2.48 bits per heavy atom. The summed E-state index contributed by atoms with van der Waals surface area (Å²) in [6.07, 6.45) is -0.386. The molecule has 0 aliphatic heterocycles. The molecule has 0 aliphatic rings. The Morgan fingerprint density at radius 2 is 1.96 bits per heavy atom. The molecule has 0 unspecified atom stereocenters. The van der Waals surface area contributed by atoms with Gasteiger partial charge in [0.2, 0.25) is 0 Å². The van der Waals surface area contributed by atoms with Gasteiger partial charge in [0.25, 0.3) is 0 Å². The van der Waals surface area contributed by atoms with E-state index in [0.717, 1.165) is 26.8 Å². The third-order valence-corrected chi connectivity index (χ3v) is 5.16. The van der Waals surface area contributed by atoms with Gasteiger partial charge in [-0.2, -0.15) is 13.2 Å². The SMILES string of the molecule is C=P(C)(C)C#Cc1cc(N=c2scc(C(F)(F)F)n2C)c(C)cc1Cl. The van der Waals surface area contributed by atoms with Crippen molar-refractivity contribution in [2.24, 2.45) is 12.0 Å². The van der Waals surface area contributed by atoms with Crippen LogP contribution in [0.25, 0.3) is 0 Å². The topological polar surface area (TPSA) is 17.3 Å². The molecule has 8 heteroatoms. The highest BCUT2D eigenvalue weighted by atomic mass is 35.5. The monoisotopic (exact) mass is 404 g/mol. The highest BCUT2D eigenvalue weighted by Crippen LogP contribution is 2.34. The van der Waals surface area contributed by atoms with Crippen LogP contribution in [-0.2, 0) is 13.2 Å². The lowest BCUT2D eigenvalue weighted by molar-refractivity contribution is -0.143. The molecule has 0 spiro atoms. The molecule has 0 fully saturated rings. The molecule has 2 rings (SSSR count). The van der Waals surface area contributed by atoms with E-state index in [1.54, 1.807) is 19.1 Å². The Labute approximate surface area is 154 Å². The van der Waals surface area contributed by atoms with Gasteiger partial charge in [0.15, 0.2) is 4.80 Å². The first-order valence-electron chi connectivity index (χ1n) is 7.17. The molecule has 0 bridgehead atoms. The van der Waals surface area contributed by atoms with Crippen molar-refractivity contribution in [2.45, 2.75) is 13.1 Å². The maximum Gasteiger partial charge on any atom is 0.432 e. The Morgan fingerprint density at radius 1 is 1.32 bits per heavy atom. The summed E-state index contributed by atoms with van der Waals surface area (Å²) in [6.45, 7) is 4.23. The van der Waals surface area contributed by atoms with Crippen LogP contribution in [0.2, 0.25) is 5.02 Å². The third-order valence-electron chi connectivity index (χ3n) is 3.21. The predicted molar refractivity (Wildman–Crippen MR) is 102 cm³/mol. The Bertz CT molecular complexity index is 984. The second-order valence-corrected chi connectivity index (χ2v) is 10.9. The summed E-state index contributed by atoms with van der Waals surface area (Å²) in [7, 11) is 1.35. The van der Waals surface area contributed by atoms with Gasteiger partial charge in [0.1, 0.15) is 5.69 Å². The molecule has 1 aromatic carbocycles. The zero-order valence-electron chi connectivity index (χ0n) is 14.2. The number of benzene rings is 1. The zero-order valence-corrected chi connectivity index (χ0v) is 16.7. The molecule has 0 aliphatic carbocycles. The maximum absolute atomic E-state index is 12.9. The predicted octanol–water partition coefficient (Wildman–Crippen LogP) is 5.32. The lowest BCUT2D eigenvalue weighted by atomic mass is 10.1. The first-order chi connectivity index (χ1) is 11.4. The second kappa shape index (κ2) is 7.07. The lowest BCUT2D eigenvalue weighted by Crippen LogP contribution is -2.18. The number of nitrogens with zero attached hydrogens (tertiary/aromatic N) is 2. The number of thiazole rings is 1. The Kier molecular flexibility index (Phi) is 5.63. The molecule has 0 atom stereocenters. The number of aromatic nitrogens is 1. The molecule has 134 valence electrons. The van der Waals surface area contributed by atoms with E-state index in [9.17, 15) is 13.2 Å². The van der Waals surface area contributed by atoms with Gasteiger partial charge < -0.3 is 4.57 Å². The van der Waals surface area contributed by atoms with Crippen molar-refractivity contribution in [1.29, 1.82) is 0 Å². The summed E-state index contributed by atoms with van der Waals surface area (Å²) in [5.41, 5.74) is 4.27. The third kappa shape index (κ3) is 5.04. The average molecular weight is 405 g/mol. The van der Waals surface area contributed by atoms with Crippen LogP contribution in [0.15, 0.2) is 22.5 Å². The molecule has 0 saturated heterocycles. The van der Waals surface area contributed by atoms with Crippen LogP contribution < -0.4 is 4.80 Å². The van der Waals surface area contributed by atoms with Crippen molar-refractivity contribution in [3.63, 3.8) is 0 Å². The van der Waals surface area contributed by atoms with Gasteiger partial charge in [0, 0.05) is 18.0 Å². The zero-order chi connectivity index (χ0) is 19.0. The van der Waals surface area contributed by atoms with Gasteiger partial charge in [-0.05, 0) is 44.8 Å². The minimum Gasteiger partial charge on any atom is -0.316 e. The van der Waals surface area contributed by atoms with E-state index in [4.69, 9.17) is 11.6 Å². The molecule has 1 aromatic heterocycles. The molecular formula is C17H17ClF3N2PS. The number of aryl methyl sites for hydroxylation is 1. The quantitative estimate of drug-likeness (QED) is 0.452. The highest BCUT2D eigenvalue weighted by Gasteiger charge is 2.34. The number of halogens is 4. The van der Waals surface area contributed by atoms with E-state index in [1.165, 1.54) is 7.05 Å². The molecule has 0 saturated carbocycles. The second-order valence-electron chi connectivity index (χ2n) is 6.11. The molecule has 0 amide bonds. The molecule has 0 radical (unpaired) electrons. The normalized spacial score (nSPS) is 12.9. The van der Waals surface area contributed by atoms with Crippen molar-refractivity contribution in [3.05, 3.63) is 44.2 Å². The maximum atomic E-state index is 12.9. The van der Waals surface area contributed by atoms with E-state index < -0.39 is 18.8 Å². The van der Waals surface area contributed by atoms with E-state index in [1.807, 2.05) is 13.3 Å². The highest BCUT2D eigenvalue weighted by molar-refractivity contribution is 7.77. The minimum absolute atomic E-state index is 0.252. The molecule has 1 heterocycles. The van der Waals surface area contributed by atoms with Crippen LogP contribution in [0.4, 0.5) is 18.9 Å². The Hall–Kier alpha value is -1.41. The van der Waals surface area contributed by atoms with Crippen LogP contribution in [0, 0.1) is 18.5 Å². The van der Waals surface area contributed by atoms with Gasteiger partial charge in [-0.3, -0.25) is 0 Å². The lowest BCUT2D eigenvalue weighted by Gasteiger charge is -2.07. The summed E-state index contributed by atoms with van der Waals surface area (Å²) in [5, 5.41) is 1.55. The van der Waals surface area contributed by atoms with E-state index in [0.29, 0.717) is 16.3 Å². The fourth-order valence-electron chi connectivity index (χ4n) is 1.92. The molecular weight excluding hydrogens is 388 g/mol. The van der Waals surface area contributed by atoms with Crippen LogP contribution in [-0.4, -0.2) is 24.2 Å². The van der Waals surface area contributed by atoms with E-state index in [2.05, 4.69) is 22.9 Å². The summed E-state index contributed by atoms with van der Waals surface area (Å²) < 4.78 is 39.8. The smallest absolute Gasteiger partial charge is 0.316 e. The molecule has 25 heavy (non-hydrogen) atoms. The number of hydrogen-bond donors (Lipinski definition) is 0. The van der Waals surface area contributed by atoms with Gasteiger partial charge in [-0.25, -0.2) is 4.99 Å². The van der Waals surface area contributed by atoms with Gasteiger partial charge >= 0.3 is 6.18 Å². The van der Waals surface area contributed by atoms with Crippen LogP contribution in [0.1, 0.15) is 16.8 Å². The van der Waals surface area contributed by atoms with Crippen molar-refractivity contribution >= 4 is 41.8 Å². The molecule has 2 nitrogen and oxygen atoms in total. The fraction of sp³-hybridized carbons (Fsp3) is 0.294. The standard InChI is InChI=1S/C17H17ClF3N2PS/c1-11-8-13(18)12(6-7-24(3,4)5)9-14(11)22-16-23(2)15(10-25-16)17(19,20)21/h8-10H,3H2,1-2,4-5H3. The first-order valence-corrected chi connectivity index (χ1v) is 11.3.